The van der Waals surface area contributed by atoms with Gasteiger partial charge in [0.25, 0.3) is 5.91 Å². The Kier molecular flexibility index (Phi) is 10.7. The van der Waals surface area contributed by atoms with E-state index < -0.39 is 0 Å². The zero-order valence-corrected chi connectivity index (χ0v) is 21.8. The molecule has 0 unspecified atom stereocenters. The first-order chi connectivity index (χ1) is 16.5. The van der Waals surface area contributed by atoms with Crippen molar-refractivity contribution in [1.82, 2.24) is 9.80 Å². The minimum atomic E-state index is 0.0319. The molecule has 34 heavy (non-hydrogen) atoms. The van der Waals surface area contributed by atoms with Crippen molar-refractivity contribution in [3.05, 3.63) is 29.8 Å². The number of rotatable bonds is 6. The summed E-state index contributed by atoms with van der Waals surface area (Å²) in [6, 6.07) is 7.62. The molecule has 190 valence electrons. The van der Waals surface area contributed by atoms with Gasteiger partial charge in [-0.05, 0) is 56.6 Å². The number of carbonyl (C=O) groups is 2. The quantitative estimate of drug-likeness (QED) is 0.489. The van der Waals surface area contributed by atoms with Crippen molar-refractivity contribution in [2.45, 2.75) is 97.4 Å². The fourth-order valence-electron chi connectivity index (χ4n) is 5.58. The maximum absolute atomic E-state index is 13.5. The fourth-order valence-corrected chi connectivity index (χ4v) is 5.58. The van der Waals surface area contributed by atoms with Crippen molar-refractivity contribution in [1.29, 1.82) is 0 Å². The second-order valence-electron chi connectivity index (χ2n) is 10.7. The van der Waals surface area contributed by atoms with Crippen molar-refractivity contribution in [2.75, 3.05) is 26.2 Å². The Balaban J connectivity index is 1.80. The SMILES string of the molecule is CCN1CCCCCCN(C(=O)CCC2CCCC2)[C@@H](CC(C)C)COc2ccccc2C1=O. The lowest BCUT2D eigenvalue weighted by molar-refractivity contribution is -0.135. The van der Waals surface area contributed by atoms with Crippen molar-refractivity contribution < 1.29 is 14.3 Å². The van der Waals surface area contributed by atoms with Gasteiger partial charge in [0.2, 0.25) is 5.91 Å². The maximum atomic E-state index is 13.5. The molecule has 1 aliphatic carbocycles. The largest absolute Gasteiger partial charge is 0.491 e. The predicted molar refractivity (Wildman–Crippen MR) is 138 cm³/mol. The zero-order chi connectivity index (χ0) is 24.3. The summed E-state index contributed by atoms with van der Waals surface area (Å²) in [7, 11) is 0. The van der Waals surface area contributed by atoms with E-state index in [0.717, 1.165) is 57.5 Å². The van der Waals surface area contributed by atoms with Gasteiger partial charge in [0, 0.05) is 26.1 Å². The maximum Gasteiger partial charge on any atom is 0.257 e. The molecule has 2 amide bonds. The van der Waals surface area contributed by atoms with Gasteiger partial charge in [0.1, 0.15) is 12.4 Å². The zero-order valence-electron chi connectivity index (χ0n) is 21.8. The molecule has 1 aromatic carbocycles. The monoisotopic (exact) mass is 470 g/mol. The van der Waals surface area contributed by atoms with Crippen LogP contribution in [0.15, 0.2) is 24.3 Å². The Bertz CT molecular complexity index is 772. The number of hydrogen-bond donors (Lipinski definition) is 0. The van der Waals surface area contributed by atoms with Crippen LogP contribution in [-0.4, -0.2) is 53.9 Å². The molecule has 1 atom stereocenters. The van der Waals surface area contributed by atoms with Crippen LogP contribution in [0.4, 0.5) is 0 Å². The molecule has 1 fully saturated rings. The molecule has 0 aromatic heterocycles. The van der Waals surface area contributed by atoms with Crippen LogP contribution in [0.25, 0.3) is 0 Å². The molecule has 1 saturated carbocycles. The molecule has 0 N–H and O–H groups in total. The number of amides is 2. The Morgan fingerprint density at radius 1 is 1.03 bits per heavy atom. The molecule has 1 aliphatic heterocycles. The van der Waals surface area contributed by atoms with Crippen LogP contribution in [0.3, 0.4) is 0 Å². The molecule has 0 radical (unpaired) electrons. The second-order valence-corrected chi connectivity index (χ2v) is 10.7. The molecule has 0 bridgehead atoms. The lowest BCUT2D eigenvalue weighted by Crippen LogP contribution is -2.45. The summed E-state index contributed by atoms with van der Waals surface area (Å²) in [4.78, 5) is 30.8. The van der Waals surface area contributed by atoms with E-state index in [0.29, 0.717) is 36.8 Å². The van der Waals surface area contributed by atoms with Crippen molar-refractivity contribution in [3.63, 3.8) is 0 Å². The third-order valence-corrected chi connectivity index (χ3v) is 7.54. The van der Waals surface area contributed by atoms with E-state index in [9.17, 15) is 9.59 Å². The van der Waals surface area contributed by atoms with E-state index in [1.165, 1.54) is 25.7 Å². The Morgan fingerprint density at radius 3 is 2.44 bits per heavy atom. The molecule has 1 heterocycles. The van der Waals surface area contributed by atoms with Crippen LogP contribution in [0.2, 0.25) is 0 Å². The third-order valence-electron chi connectivity index (χ3n) is 7.54. The van der Waals surface area contributed by atoms with Gasteiger partial charge in [0.05, 0.1) is 11.6 Å². The van der Waals surface area contributed by atoms with E-state index >= 15 is 0 Å². The average molecular weight is 471 g/mol. The number of carbonyl (C=O) groups excluding carboxylic acids is 2. The van der Waals surface area contributed by atoms with E-state index in [-0.39, 0.29) is 17.9 Å². The van der Waals surface area contributed by atoms with Gasteiger partial charge in [-0.2, -0.15) is 0 Å². The van der Waals surface area contributed by atoms with Gasteiger partial charge in [-0.1, -0.05) is 64.5 Å². The molecule has 5 heteroatoms. The first kappa shape index (κ1) is 26.6. The first-order valence-electron chi connectivity index (χ1n) is 13.8. The molecular formula is C29H46N2O3. The Labute approximate surface area is 207 Å². The van der Waals surface area contributed by atoms with Gasteiger partial charge < -0.3 is 14.5 Å². The summed E-state index contributed by atoms with van der Waals surface area (Å²) in [6.45, 7) is 9.17. The van der Waals surface area contributed by atoms with Crippen LogP contribution in [0.1, 0.15) is 102 Å². The van der Waals surface area contributed by atoms with Crippen LogP contribution < -0.4 is 4.74 Å². The van der Waals surface area contributed by atoms with Gasteiger partial charge in [-0.25, -0.2) is 0 Å². The Hall–Kier alpha value is -2.04. The third kappa shape index (κ3) is 7.74. The van der Waals surface area contributed by atoms with Gasteiger partial charge >= 0.3 is 0 Å². The average Bonchev–Trinajstić information content (AvgIpc) is 3.35. The van der Waals surface area contributed by atoms with Gasteiger partial charge in [0.15, 0.2) is 0 Å². The summed E-state index contributed by atoms with van der Waals surface area (Å²) < 4.78 is 6.33. The fraction of sp³-hybridized carbons (Fsp3) is 0.724. The normalized spacial score (nSPS) is 21.3. The number of hydrogen-bond acceptors (Lipinski definition) is 3. The number of para-hydroxylation sites is 1. The predicted octanol–water partition coefficient (Wildman–Crippen LogP) is 6.32. The van der Waals surface area contributed by atoms with Crippen LogP contribution in [0.5, 0.6) is 5.75 Å². The molecule has 0 saturated heterocycles. The summed E-state index contributed by atoms with van der Waals surface area (Å²) in [5, 5.41) is 0. The molecule has 3 rings (SSSR count). The molecule has 1 aromatic rings. The molecule has 5 nitrogen and oxygen atoms in total. The minimum absolute atomic E-state index is 0.0319. The van der Waals surface area contributed by atoms with Crippen molar-refractivity contribution in [2.24, 2.45) is 11.8 Å². The smallest absolute Gasteiger partial charge is 0.257 e. The highest BCUT2D eigenvalue weighted by Gasteiger charge is 2.27. The molecule has 2 aliphatic rings. The second kappa shape index (κ2) is 13.7. The number of benzene rings is 1. The molecule has 0 spiro atoms. The summed E-state index contributed by atoms with van der Waals surface area (Å²) in [6.07, 6.45) is 12.0. The van der Waals surface area contributed by atoms with Crippen LogP contribution >= 0.6 is 0 Å². The highest BCUT2D eigenvalue weighted by Crippen LogP contribution is 2.29. The lowest BCUT2D eigenvalue weighted by atomic mass is 9.99. The number of ether oxygens (including phenoxy) is 1. The number of fused-ring (bicyclic) bond motifs is 1. The van der Waals surface area contributed by atoms with E-state index in [1.807, 2.05) is 36.1 Å². The van der Waals surface area contributed by atoms with E-state index in [1.54, 1.807) is 0 Å². The summed E-state index contributed by atoms with van der Waals surface area (Å²) >= 11 is 0. The van der Waals surface area contributed by atoms with E-state index in [2.05, 4.69) is 18.7 Å². The minimum Gasteiger partial charge on any atom is -0.491 e. The highest BCUT2D eigenvalue weighted by atomic mass is 16.5. The highest BCUT2D eigenvalue weighted by molar-refractivity contribution is 5.96. The molecular weight excluding hydrogens is 424 g/mol. The Morgan fingerprint density at radius 2 is 1.74 bits per heavy atom. The van der Waals surface area contributed by atoms with Crippen molar-refractivity contribution >= 4 is 11.8 Å². The topological polar surface area (TPSA) is 49.9 Å². The van der Waals surface area contributed by atoms with Crippen molar-refractivity contribution in [3.8, 4) is 5.75 Å². The standard InChI is InChI=1S/C29H46N2O3/c1-4-30-19-11-5-6-12-20-31(28(32)18-17-24-13-7-8-14-24)25(21-23(2)3)22-34-27-16-10-9-15-26(27)29(30)33/h9-10,15-16,23-25H,4-8,11-14,17-22H2,1-3H3/t25-/m0/s1. The van der Waals surface area contributed by atoms with E-state index in [4.69, 9.17) is 4.74 Å². The van der Waals surface area contributed by atoms with Crippen LogP contribution in [0, 0.1) is 11.8 Å². The van der Waals surface area contributed by atoms with Gasteiger partial charge in [-0.15, -0.1) is 0 Å². The summed E-state index contributed by atoms with van der Waals surface area (Å²) in [5.41, 5.74) is 0.629. The first-order valence-corrected chi connectivity index (χ1v) is 13.8. The lowest BCUT2D eigenvalue weighted by Gasteiger charge is -2.34. The number of nitrogens with zero attached hydrogens (tertiary/aromatic N) is 2. The summed E-state index contributed by atoms with van der Waals surface area (Å²) in [5.74, 6) is 2.15. The van der Waals surface area contributed by atoms with Gasteiger partial charge in [-0.3, -0.25) is 9.59 Å². The van der Waals surface area contributed by atoms with Crippen LogP contribution in [-0.2, 0) is 4.79 Å².